The van der Waals surface area contributed by atoms with E-state index in [2.05, 4.69) is 52.1 Å². The Balaban J connectivity index is 1.16. The number of anilines is 1. The highest BCUT2D eigenvalue weighted by Gasteiger charge is 2.64. The number of carbonyl (C=O) groups is 1. The summed E-state index contributed by atoms with van der Waals surface area (Å²) in [7, 11) is 0. The number of hydrogen-bond acceptors (Lipinski definition) is 6. The van der Waals surface area contributed by atoms with Crippen molar-refractivity contribution in [1.29, 1.82) is 0 Å². The normalized spacial score (nSPS) is 44.3. The van der Waals surface area contributed by atoms with Crippen molar-refractivity contribution in [3.8, 4) is 0 Å². The number of benzene rings is 1. The zero-order chi connectivity index (χ0) is 29.2. The van der Waals surface area contributed by atoms with Gasteiger partial charge in [-0.3, -0.25) is 5.32 Å². The van der Waals surface area contributed by atoms with E-state index in [1.54, 1.807) is 12.1 Å². The molecule has 1 aromatic carbocycles. The first-order valence-corrected chi connectivity index (χ1v) is 15.7. The minimum atomic E-state index is -1.13. The molecule has 7 heteroatoms. The number of nitrogens with one attached hydrogen (secondary N) is 1. The summed E-state index contributed by atoms with van der Waals surface area (Å²) in [5.41, 5.74) is 0.415. The lowest BCUT2D eigenvalue weighted by Crippen LogP contribution is -2.63. The van der Waals surface area contributed by atoms with Crippen LogP contribution in [0.3, 0.4) is 0 Å². The number of ether oxygens (including phenoxy) is 3. The number of aliphatic hydroxyl groups is 2. The van der Waals surface area contributed by atoms with Gasteiger partial charge in [0.1, 0.15) is 12.2 Å². The van der Waals surface area contributed by atoms with Gasteiger partial charge in [0.2, 0.25) is 0 Å². The lowest BCUT2D eigenvalue weighted by molar-refractivity contribution is -0.253. The molecule has 226 valence electrons. The van der Waals surface area contributed by atoms with Crippen molar-refractivity contribution < 1.29 is 29.2 Å². The third-order valence-corrected chi connectivity index (χ3v) is 12.0. The van der Waals surface area contributed by atoms with Crippen LogP contribution in [0.1, 0.15) is 66.7 Å². The summed E-state index contributed by atoms with van der Waals surface area (Å²) < 4.78 is 18.2. The van der Waals surface area contributed by atoms with E-state index in [0.717, 1.165) is 26.1 Å². The molecule has 4 aliphatic carbocycles. The SMILES string of the molecule is CC(C1OCC(C)(C)CO1)[C@H]1CC[C@H]2[C@@H]3C=CC4CC(OC(=O)Nc5ccccc5)C(O)C(O)[C@]4(C)[C@H]3CC[C@]12C. The topological polar surface area (TPSA) is 97.3 Å². The predicted molar refractivity (Wildman–Crippen MR) is 157 cm³/mol. The molecule has 7 nitrogen and oxygen atoms in total. The van der Waals surface area contributed by atoms with Gasteiger partial charge in [0.25, 0.3) is 0 Å². The fraction of sp³-hybridized carbons (Fsp3) is 0.735. The summed E-state index contributed by atoms with van der Waals surface area (Å²) in [4.78, 5) is 12.6. The van der Waals surface area contributed by atoms with Crippen molar-refractivity contribution in [3.63, 3.8) is 0 Å². The van der Waals surface area contributed by atoms with Gasteiger partial charge in [-0.15, -0.1) is 0 Å². The van der Waals surface area contributed by atoms with Crippen molar-refractivity contribution in [3.05, 3.63) is 42.5 Å². The molecule has 1 amide bonds. The molecule has 1 heterocycles. The number of hydrogen-bond donors (Lipinski definition) is 3. The zero-order valence-corrected chi connectivity index (χ0v) is 25.3. The minimum Gasteiger partial charge on any atom is -0.443 e. The van der Waals surface area contributed by atoms with Gasteiger partial charge in [-0.2, -0.15) is 0 Å². The molecule has 1 aromatic rings. The van der Waals surface area contributed by atoms with Crippen LogP contribution < -0.4 is 5.32 Å². The Bertz CT molecular complexity index is 1130. The number of allylic oxidation sites excluding steroid dienone is 2. The summed E-state index contributed by atoms with van der Waals surface area (Å²) in [6, 6.07) is 9.13. The highest BCUT2D eigenvalue weighted by Crippen LogP contribution is 2.67. The summed E-state index contributed by atoms with van der Waals surface area (Å²) in [5.74, 6) is 2.05. The lowest BCUT2D eigenvalue weighted by atomic mass is 9.45. The maximum absolute atomic E-state index is 12.6. The van der Waals surface area contributed by atoms with Gasteiger partial charge in [-0.05, 0) is 79.2 Å². The fourth-order valence-corrected chi connectivity index (χ4v) is 9.69. The molecule has 3 N–H and O–H groups in total. The van der Waals surface area contributed by atoms with E-state index < -0.39 is 29.8 Å². The van der Waals surface area contributed by atoms with Gasteiger partial charge >= 0.3 is 6.09 Å². The average molecular weight is 568 g/mol. The third kappa shape index (κ3) is 4.95. The van der Waals surface area contributed by atoms with Crippen LogP contribution >= 0.6 is 0 Å². The molecule has 0 bridgehead atoms. The molecule has 5 aliphatic rings. The molecule has 4 fully saturated rings. The standard InChI is InChI=1S/C34H49NO6/c1-20(30-39-18-32(2,3)19-40-30)24-13-14-25-23-12-11-21-17-27(41-31(38)35-22-9-7-6-8-10-22)28(36)29(37)34(21,5)26(23)15-16-33(24,25)4/h6-12,20-21,23-30,36-37H,13-19H2,1-5H3,(H,35,38)/t20?,21?,23-,24+,25-,26-,27?,28?,29?,33+,34-/m0/s1. The lowest BCUT2D eigenvalue weighted by Gasteiger charge is -2.61. The number of aliphatic hydroxyl groups excluding tert-OH is 2. The molecule has 0 aromatic heterocycles. The van der Waals surface area contributed by atoms with Crippen LogP contribution in [0.15, 0.2) is 42.5 Å². The molecule has 1 aliphatic heterocycles. The van der Waals surface area contributed by atoms with Gasteiger partial charge in [-0.1, -0.05) is 65.0 Å². The average Bonchev–Trinajstić information content (AvgIpc) is 3.30. The zero-order valence-electron chi connectivity index (χ0n) is 25.3. The Kier molecular flexibility index (Phi) is 7.58. The Hall–Kier alpha value is -1.93. The van der Waals surface area contributed by atoms with Crippen molar-refractivity contribution in [2.45, 2.75) is 91.3 Å². The maximum atomic E-state index is 12.6. The predicted octanol–water partition coefficient (Wildman–Crippen LogP) is 6.02. The summed E-state index contributed by atoms with van der Waals surface area (Å²) >= 11 is 0. The molecule has 1 saturated heterocycles. The highest BCUT2D eigenvalue weighted by atomic mass is 16.7. The second-order valence-electron chi connectivity index (χ2n) is 15.0. The number of fused-ring (bicyclic) bond motifs is 5. The highest BCUT2D eigenvalue weighted by molar-refractivity contribution is 5.84. The van der Waals surface area contributed by atoms with E-state index in [-0.39, 0.29) is 29.0 Å². The second-order valence-corrected chi connectivity index (χ2v) is 15.0. The third-order valence-electron chi connectivity index (χ3n) is 12.0. The van der Waals surface area contributed by atoms with Crippen LogP contribution in [0.25, 0.3) is 0 Å². The van der Waals surface area contributed by atoms with Gasteiger partial charge in [0, 0.05) is 22.4 Å². The Labute approximate surface area is 245 Å². The van der Waals surface area contributed by atoms with Crippen LogP contribution in [0, 0.1) is 51.8 Å². The molecule has 0 radical (unpaired) electrons. The van der Waals surface area contributed by atoms with Gasteiger partial charge < -0.3 is 24.4 Å². The van der Waals surface area contributed by atoms with Gasteiger partial charge in [0.05, 0.1) is 19.3 Å². The van der Waals surface area contributed by atoms with Crippen molar-refractivity contribution in [2.24, 2.45) is 51.8 Å². The van der Waals surface area contributed by atoms with Gasteiger partial charge in [-0.25, -0.2) is 4.79 Å². The summed E-state index contributed by atoms with van der Waals surface area (Å²) in [6.07, 6.45) is 6.02. The minimum absolute atomic E-state index is 0.0320. The van der Waals surface area contributed by atoms with E-state index in [1.165, 1.54) is 12.8 Å². The van der Waals surface area contributed by atoms with Crippen LogP contribution in [0.5, 0.6) is 0 Å². The van der Waals surface area contributed by atoms with E-state index in [4.69, 9.17) is 14.2 Å². The van der Waals surface area contributed by atoms with E-state index in [1.807, 2.05) is 18.2 Å². The quantitative estimate of drug-likeness (QED) is 0.385. The van der Waals surface area contributed by atoms with Crippen molar-refractivity contribution in [1.82, 2.24) is 0 Å². The Morgan fingerprint density at radius 2 is 1.71 bits per heavy atom. The Morgan fingerprint density at radius 1 is 1.00 bits per heavy atom. The molecular weight excluding hydrogens is 518 g/mol. The van der Waals surface area contributed by atoms with E-state index >= 15 is 0 Å². The van der Waals surface area contributed by atoms with Crippen LogP contribution in [-0.4, -0.2) is 54.1 Å². The van der Waals surface area contributed by atoms with E-state index in [0.29, 0.717) is 35.8 Å². The molecule has 3 saturated carbocycles. The number of rotatable bonds is 4. The largest absolute Gasteiger partial charge is 0.443 e. The van der Waals surface area contributed by atoms with Crippen LogP contribution in [-0.2, 0) is 14.2 Å². The monoisotopic (exact) mass is 567 g/mol. The fourth-order valence-electron chi connectivity index (χ4n) is 9.69. The number of para-hydroxylation sites is 1. The molecule has 6 rings (SSSR count). The summed E-state index contributed by atoms with van der Waals surface area (Å²) in [6.45, 7) is 12.8. The van der Waals surface area contributed by atoms with Gasteiger partial charge in [0.15, 0.2) is 6.29 Å². The van der Waals surface area contributed by atoms with Crippen molar-refractivity contribution >= 4 is 11.8 Å². The maximum Gasteiger partial charge on any atom is 0.411 e. The molecule has 11 atom stereocenters. The first-order chi connectivity index (χ1) is 19.4. The number of amides is 1. The smallest absolute Gasteiger partial charge is 0.411 e. The number of carbonyl (C=O) groups excluding carboxylic acids is 1. The molecule has 0 spiro atoms. The first-order valence-electron chi connectivity index (χ1n) is 15.7. The molecular formula is C34H49NO6. The van der Waals surface area contributed by atoms with E-state index in [9.17, 15) is 15.0 Å². The second kappa shape index (κ2) is 10.7. The Morgan fingerprint density at radius 3 is 2.41 bits per heavy atom. The molecule has 41 heavy (non-hydrogen) atoms. The molecule has 5 unspecified atom stereocenters. The van der Waals surface area contributed by atoms with Crippen LogP contribution in [0.4, 0.5) is 10.5 Å². The van der Waals surface area contributed by atoms with Crippen LogP contribution in [0.2, 0.25) is 0 Å². The first kappa shape index (κ1) is 29.2. The van der Waals surface area contributed by atoms with Crippen molar-refractivity contribution in [2.75, 3.05) is 18.5 Å². The summed E-state index contributed by atoms with van der Waals surface area (Å²) in [5, 5.41) is 25.7.